The summed E-state index contributed by atoms with van der Waals surface area (Å²) >= 11 is 0.359. The van der Waals surface area contributed by atoms with Gasteiger partial charge in [-0.15, -0.1) is 0 Å². The fourth-order valence-corrected chi connectivity index (χ4v) is 2.14. The Balaban J connectivity index is 1.93. The number of halogens is 3. The average molecular weight is 293 g/mol. The van der Waals surface area contributed by atoms with Gasteiger partial charge < -0.3 is 4.74 Å². The molecule has 1 amide bonds. The number of nitrogens with zero attached hydrogens (tertiary/aromatic N) is 1. The number of hydrogen-bond donors (Lipinski definition) is 0. The summed E-state index contributed by atoms with van der Waals surface area (Å²) in [5.41, 5.74) is 0.699. The van der Waals surface area contributed by atoms with Crippen LogP contribution in [0.5, 0.6) is 0 Å². The van der Waals surface area contributed by atoms with Crippen molar-refractivity contribution in [2.24, 2.45) is 0 Å². The van der Waals surface area contributed by atoms with Crippen LogP contribution in [0.2, 0.25) is 0 Å². The van der Waals surface area contributed by atoms with Gasteiger partial charge in [-0.25, -0.2) is 9.10 Å². The molecule has 0 aliphatic carbocycles. The molecule has 1 aromatic carbocycles. The zero-order valence-corrected chi connectivity index (χ0v) is 10.4. The predicted molar refractivity (Wildman–Crippen MR) is 61.9 cm³/mol. The lowest BCUT2D eigenvalue weighted by Gasteiger charge is -2.21. The number of carbonyl (C=O) groups is 1. The van der Waals surface area contributed by atoms with Crippen molar-refractivity contribution in [1.82, 2.24) is 4.31 Å². The molecule has 8 heteroatoms. The van der Waals surface area contributed by atoms with E-state index >= 15 is 0 Å². The molecular formula is C11H10F3NO3S. The summed E-state index contributed by atoms with van der Waals surface area (Å²) in [6.07, 6.45) is -5.59. The molecular weight excluding hydrogens is 283 g/mol. The van der Waals surface area contributed by atoms with Gasteiger partial charge in [0.15, 0.2) is 6.04 Å². The minimum Gasteiger partial charge on any atom is -0.444 e. The van der Waals surface area contributed by atoms with E-state index in [0.29, 0.717) is 22.1 Å². The standard InChI is InChI=1S/C11H10F3NO3S/c12-11(13,14)9-7-18-19-15(9)10(16)17-6-8-4-2-1-3-5-8/h1-5,9H,6-7H2. The number of carbonyl (C=O) groups excluding carboxylic acids is 1. The van der Waals surface area contributed by atoms with Crippen LogP contribution >= 0.6 is 12.2 Å². The van der Waals surface area contributed by atoms with E-state index < -0.39 is 24.9 Å². The number of amides is 1. The average Bonchev–Trinajstić information content (AvgIpc) is 2.86. The van der Waals surface area contributed by atoms with Gasteiger partial charge in [-0.3, -0.25) is 4.18 Å². The van der Waals surface area contributed by atoms with Gasteiger partial charge in [0.05, 0.1) is 6.61 Å². The molecule has 19 heavy (non-hydrogen) atoms. The van der Waals surface area contributed by atoms with Crippen LogP contribution in [0.1, 0.15) is 5.56 Å². The van der Waals surface area contributed by atoms with Gasteiger partial charge in [-0.2, -0.15) is 13.2 Å². The van der Waals surface area contributed by atoms with E-state index in [1.165, 1.54) is 0 Å². The Bertz CT molecular complexity index is 441. The first-order valence-electron chi connectivity index (χ1n) is 5.34. The Labute approximate surface area is 111 Å². The highest BCUT2D eigenvalue weighted by Gasteiger charge is 2.50. The van der Waals surface area contributed by atoms with Crippen LogP contribution in [-0.4, -0.2) is 29.2 Å². The first kappa shape index (κ1) is 14.0. The van der Waals surface area contributed by atoms with E-state index in [-0.39, 0.29) is 6.61 Å². The number of hydrogen-bond acceptors (Lipinski definition) is 4. The van der Waals surface area contributed by atoms with Crippen molar-refractivity contribution in [3.63, 3.8) is 0 Å². The SMILES string of the molecule is O=C(OCc1ccccc1)N1SOCC1C(F)(F)F. The summed E-state index contributed by atoms with van der Waals surface area (Å²) in [5, 5.41) is 0. The first-order valence-corrected chi connectivity index (χ1v) is 6.04. The van der Waals surface area contributed by atoms with Crippen molar-refractivity contribution in [3.05, 3.63) is 35.9 Å². The summed E-state index contributed by atoms with van der Waals surface area (Å²) in [5.74, 6) is 0. The third kappa shape index (κ3) is 3.54. The molecule has 0 aromatic heterocycles. The fourth-order valence-electron chi connectivity index (χ4n) is 1.44. The van der Waals surface area contributed by atoms with Gasteiger partial charge in [-0.1, -0.05) is 30.3 Å². The number of alkyl halides is 3. The van der Waals surface area contributed by atoms with Crippen LogP contribution in [0.4, 0.5) is 18.0 Å². The smallest absolute Gasteiger partial charge is 0.422 e. The highest BCUT2D eigenvalue weighted by atomic mass is 32.2. The van der Waals surface area contributed by atoms with E-state index in [4.69, 9.17) is 4.74 Å². The lowest BCUT2D eigenvalue weighted by atomic mass is 10.2. The second-order valence-electron chi connectivity index (χ2n) is 3.78. The van der Waals surface area contributed by atoms with Crippen molar-refractivity contribution >= 4 is 18.3 Å². The normalized spacial score (nSPS) is 19.5. The molecule has 0 N–H and O–H groups in total. The van der Waals surface area contributed by atoms with Crippen LogP contribution in [0.25, 0.3) is 0 Å². The Kier molecular flexibility index (Phi) is 4.20. The molecule has 0 spiro atoms. The van der Waals surface area contributed by atoms with E-state index in [9.17, 15) is 18.0 Å². The van der Waals surface area contributed by atoms with E-state index in [1.807, 2.05) is 0 Å². The molecule has 0 bridgehead atoms. The predicted octanol–water partition coefficient (Wildman–Crippen LogP) is 3.15. The third-order valence-corrected chi connectivity index (χ3v) is 3.21. The Morgan fingerprint density at radius 1 is 1.42 bits per heavy atom. The Morgan fingerprint density at radius 3 is 2.74 bits per heavy atom. The lowest BCUT2D eigenvalue weighted by Crippen LogP contribution is -2.43. The number of rotatable bonds is 2. The van der Waals surface area contributed by atoms with Crippen molar-refractivity contribution in [2.45, 2.75) is 18.8 Å². The summed E-state index contributed by atoms with van der Waals surface area (Å²) in [6, 6.07) is 6.73. The molecule has 1 saturated heterocycles. The quantitative estimate of drug-likeness (QED) is 0.620. The molecule has 1 fully saturated rings. The summed E-state index contributed by atoms with van der Waals surface area (Å²) < 4.78 is 47.7. The van der Waals surface area contributed by atoms with Crippen LogP contribution in [0.3, 0.4) is 0 Å². The minimum atomic E-state index is -4.53. The van der Waals surface area contributed by atoms with Crippen LogP contribution < -0.4 is 0 Å². The van der Waals surface area contributed by atoms with Gasteiger partial charge >= 0.3 is 12.3 Å². The molecule has 2 rings (SSSR count). The zero-order valence-electron chi connectivity index (χ0n) is 9.59. The molecule has 0 radical (unpaired) electrons. The molecule has 104 valence electrons. The zero-order chi connectivity index (χ0) is 13.9. The Morgan fingerprint density at radius 2 is 2.11 bits per heavy atom. The number of ether oxygens (including phenoxy) is 1. The van der Waals surface area contributed by atoms with Crippen molar-refractivity contribution in [3.8, 4) is 0 Å². The van der Waals surface area contributed by atoms with Crippen LogP contribution in [0, 0.1) is 0 Å². The molecule has 0 saturated carbocycles. The highest BCUT2D eigenvalue weighted by molar-refractivity contribution is 7.93. The summed E-state index contributed by atoms with van der Waals surface area (Å²) in [4.78, 5) is 11.6. The lowest BCUT2D eigenvalue weighted by molar-refractivity contribution is -0.166. The first-order chi connectivity index (χ1) is 8.98. The van der Waals surface area contributed by atoms with E-state index in [0.717, 1.165) is 0 Å². The monoisotopic (exact) mass is 293 g/mol. The van der Waals surface area contributed by atoms with Gasteiger partial charge in [0.1, 0.15) is 18.8 Å². The maximum Gasteiger partial charge on any atom is 0.422 e. The highest BCUT2D eigenvalue weighted by Crippen LogP contribution is 2.36. The molecule has 1 atom stereocenters. The van der Waals surface area contributed by atoms with E-state index in [1.54, 1.807) is 30.3 Å². The van der Waals surface area contributed by atoms with Gasteiger partial charge in [0.2, 0.25) is 0 Å². The van der Waals surface area contributed by atoms with E-state index in [2.05, 4.69) is 4.18 Å². The number of benzene rings is 1. The van der Waals surface area contributed by atoms with Crippen molar-refractivity contribution < 1.29 is 26.9 Å². The van der Waals surface area contributed by atoms with Gasteiger partial charge in [0, 0.05) is 0 Å². The van der Waals surface area contributed by atoms with Crippen LogP contribution in [0.15, 0.2) is 30.3 Å². The molecule has 4 nitrogen and oxygen atoms in total. The van der Waals surface area contributed by atoms with Crippen LogP contribution in [-0.2, 0) is 15.5 Å². The molecule has 1 unspecified atom stereocenters. The maximum atomic E-state index is 12.6. The summed E-state index contributed by atoms with van der Waals surface area (Å²) in [7, 11) is 0. The second-order valence-corrected chi connectivity index (χ2v) is 4.56. The second kappa shape index (κ2) is 5.70. The fraction of sp³-hybridized carbons (Fsp3) is 0.364. The van der Waals surface area contributed by atoms with Gasteiger partial charge in [0.25, 0.3) is 0 Å². The Hall–Kier alpha value is -1.41. The van der Waals surface area contributed by atoms with Crippen molar-refractivity contribution in [1.29, 1.82) is 0 Å². The van der Waals surface area contributed by atoms with Gasteiger partial charge in [-0.05, 0) is 5.56 Å². The maximum absolute atomic E-state index is 12.6. The third-order valence-electron chi connectivity index (χ3n) is 2.40. The van der Waals surface area contributed by atoms with Crippen molar-refractivity contribution in [2.75, 3.05) is 6.61 Å². The topological polar surface area (TPSA) is 38.8 Å². The minimum absolute atomic E-state index is 0.0820. The molecule has 1 aromatic rings. The largest absolute Gasteiger partial charge is 0.444 e. The molecule has 1 aliphatic heterocycles. The summed E-state index contributed by atoms with van der Waals surface area (Å²) in [6.45, 7) is -0.671. The molecule has 1 aliphatic rings. The molecule has 1 heterocycles.